The Kier molecular flexibility index (Phi) is 32.3. The molecule has 20 heterocycles. The number of aromatic nitrogens is 15. The third-order valence-electron chi connectivity index (χ3n) is 29.1. The molecule has 5 aliphatic rings. The summed E-state index contributed by atoms with van der Waals surface area (Å²) in [7, 11) is 14.5. The fraction of sp³-hybridized carbons (Fsp3) is 0.365. The topological polar surface area (TPSA) is 323 Å². The van der Waals surface area contributed by atoms with E-state index in [0.717, 1.165) is 227 Å². The molecular formula is C115H134N24O10. The predicted molar refractivity (Wildman–Crippen MR) is 592 cm³/mol. The quantitative estimate of drug-likeness (QED) is 0.0567. The molecule has 2 aromatic carbocycles. The number of ether oxygens (including phenoxy) is 4. The van der Waals surface area contributed by atoms with Crippen molar-refractivity contribution in [3.63, 3.8) is 0 Å². The number of aliphatic hydroxyl groups is 1. The van der Waals surface area contributed by atoms with Crippen LogP contribution in [0.4, 0.5) is 22.9 Å². The smallest absolute Gasteiger partial charge is 0.258 e. The number of hydrogen-bond acceptors (Lipinski definition) is 27. The predicted octanol–water partition coefficient (Wildman–Crippen LogP) is 14.3. The molecule has 0 unspecified atom stereocenters. The van der Waals surface area contributed by atoms with Crippen molar-refractivity contribution in [2.75, 3.05) is 174 Å². The fourth-order valence-corrected chi connectivity index (χ4v) is 20.7. The highest BCUT2D eigenvalue weighted by Crippen LogP contribution is 2.37. The van der Waals surface area contributed by atoms with Gasteiger partial charge in [-0.1, -0.05) is 32.9 Å². The number of rotatable bonds is 22. The van der Waals surface area contributed by atoms with Crippen LogP contribution in [0.25, 0.3) is 101 Å². The maximum atomic E-state index is 13.1. The van der Waals surface area contributed by atoms with E-state index in [1.807, 2.05) is 201 Å². The van der Waals surface area contributed by atoms with E-state index >= 15 is 0 Å². The lowest BCUT2D eigenvalue weighted by Crippen LogP contribution is -2.49. The van der Waals surface area contributed by atoms with Gasteiger partial charge in [0, 0.05) is 211 Å². The zero-order valence-corrected chi connectivity index (χ0v) is 87.8. The summed E-state index contributed by atoms with van der Waals surface area (Å²) >= 11 is 0. The molecule has 0 spiro atoms. The number of aryl methyl sites for hydroxylation is 4. The summed E-state index contributed by atoms with van der Waals surface area (Å²) in [6.45, 7) is 28.4. The van der Waals surface area contributed by atoms with Crippen molar-refractivity contribution in [3.8, 4) is 79.3 Å². The standard InChI is InChI=1S/C25H30N6O.C25H32N4O4.C23H28N4O3.C22H23N5O.C20H21N5O/c1-4-28(5-2)20-10-12-29(13-11-20)21-7-9-24-27-22(14-25(32)31(24)17-21)19-6-8-23-26-18(3)15-30(23)16-19;1-17-13-20(28-9-7-19(8-10-28)27(2)11-12-30)16-29-24(31)15-21(26-25(17)29)18-5-6-22(32-3)23(14-18)33-4;1-5-16-10-18(26-9-8-24-15(2)13-26)14-27-22(28)12-19(25-23(16)27)17-6-7-20(29-3)21(11-17)30-4;1-15-12-26-13-18(4-5-20(26)23-15)19-11-22(28)27-14-17(3-6-21(27)24-19)16-7-9-25(2)10-8-16;1-24(2)18-5-3-15(12-22-18)17-11-20(26)25-13-16(4-6-19(25)23-17)14-7-9-21-10-8-14/h6-9,14-17,20H,4-5,10-13H2,1-3H3;5-6,13-16,19,30H,7-12H2,1-4H3;6-7,10-12,14-15,24H,5,8-9,13H2,1-4H3;3-6,11-14,16H,7-10H2,1-2H3;3-7,11-13,21H,8-10H2,1-2H3/t;;15-;;/m..1../s1. The van der Waals surface area contributed by atoms with Gasteiger partial charge in [0.1, 0.15) is 45.3 Å². The summed E-state index contributed by atoms with van der Waals surface area (Å²) in [5.41, 5.74) is 22.9. The number of piperazine rings is 1. The van der Waals surface area contributed by atoms with Gasteiger partial charge >= 0.3 is 0 Å². The number of hydrogen-bond donors (Lipinski definition) is 3. The zero-order valence-electron chi connectivity index (χ0n) is 87.8. The number of nitrogens with zero attached hydrogens (tertiary/aromatic N) is 22. The number of nitrogens with one attached hydrogen (secondary N) is 2. The minimum Gasteiger partial charge on any atom is -0.493 e. The van der Waals surface area contributed by atoms with E-state index in [9.17, 15) is 29.1 Å². The molecule has 149 heavy (non-hydrogen) atoms. The van der Waals surface area contributed by atoms with E-state index in [1.54, 1.807) is 87.0 Å². The summed E-state index contributed by atoms with van der Waals surface area (Å²) in [5.74, 6) is 3.85. The molecule has 4 saturated heterocycles. The van der Waals surface area contributed by atoms with Gasteiger partial charge in [-0.05, 0) is 275 Å². The monoisotopic (exact) mass is 2010 g/mol. The molecule has 774 valence electrons. The number of anilines is 4. The minimum atomic E-state index is -0.118. The number of fused-ring (bicyclic) bond motifs is 7. The molecule has 0 amide bonds. The lowest BCUT2D eigenvalue weighted by molar-refractivity contribution is 0.162. The van der Waals surface area contributed by atoms with Crippen molar-refractivity contribution in [2.24, 2.45) is 0 Å². The normalized spacial score (nSPS) is 15.5. The van der Waals surface area contributed by atoms with Crippen LogP contribution in [0.1, 0.15) is 112 Å². The summed E-state index contributed by atoms with van der Waals surface area (Å²) in [6.07, 6.45) is 29.8. The first-order valence-corrected chi connectivity index (χ1v) is 51.6. The molecule has 22 rings (SSSR count). The minimum absolute atomic E-state index is 0.0447. The Labute approximate surface area is 865 Å². The van der Waals surface area contributed by atoms with Gasteiger partial charge in [-0.15, -0.1) is 0 Å². The molecule has 15 aromatic heterocycles. The van der Waals surface area contributed by atoms with Crippen molar-refractivity contribution in [3.05, 3.63) is 305 Å². The van der Waals surface area contributed by atoms with Crippen LogP contribution in [0.15, 0.2) is 244 Å². The van der Waals surface area contributed by atoms with Crippen molar-refractivity contribution in [2.45, 2.75) is 124 Å². The molecule has 4 fully saturated rings. The van der Waals surface area contributed by atoms with Gasteiger partial charge in [-0.25, -0.2) is 39.9 Å². The molecule has 0 radical (unpaired) electrons. The van der Waals surface area contributed by atoms with Gasteiger partial charge in [0.2, 0.25) is 0 Å². The number of likely N-dealkylation sites (N-methyl/N-ethyl adjacent to an activating group) is 1. The molecule has 34 heteroatoms. The third kappa shape index (κ3) is 23.5. The maximum absolute atomic E-state index is 13.1. The molecular weight excluding hydrogens is 1880 g/mol. The van der Waals surface area contributed by atoms with E-state index in [-0.39, 0.29) is 34.4 Å². The fourth-order valence-electron chi connectivity index (χ4n) is 20.7. The summed E-state index contributed by atoms with van der Waals surface area (Å²) < 4.78 is 33.6. The Morgan fingerprint density at radius 1 is 0.430 bits per heavy atom. The highest BCUT2D eigenvalue weighted by molar-refractivity contribution is 5.73. The second kappa shape index (κ2) is 46.4. The molecule has 5 aliphatic heterocycles. The average molecular weight is 2010 g/mol. The molecule has 17 aromatic rings. The highest BCUT2D eigenvalue weighted by Gasteiger charge is 2.29. The van der Waals surface area contributed by atoms with Crippen LogP contribution < -0.4 is 77.0 Å². The van der Waals surface area contributed by atoms with Gasteiger partial charge in [-0.3, -0.25) is 46.0 Å². The Morgan fingerprint density at radius 3 is 1.43 bits per heavy atom. The van der Waals surface area contributed by atoms with Crippen LogP contribution in [-0.4, -0.2) is 263 Å². The first kappa shape index (κ1) is 104. The second-order valence-electron chi connectivity index (χ2n) is 39.2. The Balaban J connectivity index is 0.000000122. The highest BCUT2D eigenvalue weighted by atomic mass is 16.5. The lowest BCUT2D eigenvalue weighted by atomic mass is 9.91. The molecule has 34 nitrogen and oxygen atoms in total. The van der Waals surface area contributed by atoms with Gasteiger partial charge in [-0.2, -0.15) is 0 Å². The van der Waals surface area contributed by atoms with Crippen LogP contribution in [-0.2, 0) is 6.42 Å². The number of likely N-dealkylation sites (tertiary alicyclic amines) is 1. The first-order chi connectivity index (χ1) is 72.2. The van der Waals surface area contributed by atoms with E-state index in [1.165, 1.54) is 11.1 Å². The van der Waals surface area contributed by atoms with Crippen LogP contribution in [0.5, 0.6) is 23.0 Å². The molecule has 0 bridgehead atoms. The molecule has 0 aliphatic carbocycles. The van der Waals surface area contributed by atoms with Crippen molar-refractivity contribution in [1.82, 2.24) is 96.0 Å². The third-order valence-corrected chi connectivity index (χ3v) is 29.1. The first-order valence-electron chi connectivity index (χ1n) is 51.6. The van der Waals surface area contributed by atoms with Crippen LogP contribution in [0.3, 0.4) is 0 Å². The Morgan fingerprint density at radius 2 is 0.906 bits per heavy atom. The van der Waals surface area contributed by atoms with Crippen LogP contribution in [0.2, 0.25) is 0 Å². The number of methoxy groups -OCH3 is 4. The molecule has 1 atom stereocenters. The van der Waals surface area contributed by atoms with E-state index < -0.39 is 0 Å². The average Bonchev–Trinajstić information content (AvgIpc) is 1.62. The number of benzene rings is 2. The Hall–Kier alpha value is -15.3. The van der Waals surface area contributed by atoms with E-state index in [2.05, 4.69) is 132 Å². The summed E-state index contributed by atoms with van der Waals surface area (Å²) in [4.78, 5) is 118. The molecule has 3 N–H and O–H groups in total. The lowest BCUT2D eigenvalue weighted by Gasteiger charge is -2.38. The maximum Gasteiger partial charge on any atom is 0.258 e. The SMILES string of the molecule is CCN(CC)C1CCN(c2ccc3nc(-c4ccc5nc(C)cn5c4)cc(=O)n3c2)CC1.CCc1cc(N2CCN[C@H](C)C2)cn2c(=O)cc(-c3ccc(OC)c(OC)c3)nc12.CN(C)c1ccc(-c2cc(=O)n3cc(C4=CCNCC4)ccc3n2)cn1.COc1ccc(-c2cc(=O)n3cc(N4CCC(N(C)CCO)CC4)cc(C)c3n2)cc1OC.Cc1cn2cc(-c3cc(=O)n4cc(C5CCN(C)CC5)ccc4n3)ccc2n1. The van der Waals surface area contributed by atoms with Crippen LogP contribution in [0, 0.1) is 20.8 Å². The summed E-state index contributed by atoms with van der Waals surface area (Å²) in [6, 6.07) is 48.7. The van der Waals surface area contributed by atoms with Gasteiger partial charge in [0.25, 0.3) is 27.8 Å². The number of aliphatic hydroxyl groups excluding tert-OH is 1. The largest absolute Gasteiger partial charge is 0.493 e. The second-order valence-corrected chi connectivity index (χ2v) is 39.2. The summed E-state index contributed by atoms with van der Waals surface area (Å²) in [5, 5.41) is 16.0. The zero-order chi connectivity index (χ0) is 104. The van der Waals surface area contributed by atoms with Crippen molar-refractivity contribution in [1.29, 1.82) is 0 Å². The van der Waals surface area contributed by atoms with E-state index in [4.69, 9.17) is 38.9 Å². The van der Waals surface area contributed by atoms with E-state index in [0.29, 0.717) is 110 Å². The number of pyridine rings is 8. The van der Waals surface area contributed by atoms with Gasteiger partial charge in [0.05, 0.1) is 92.0 Å². The number of piperidine rings is 3. The number of imidazole rings is 2. The van der Waals surface area contributed by atoms with Gasteiger partial charge < -0.3 is 77.8 Å². The van der Waals surface area contributed by atoms with Crippen molar-refractivity contribution >= 4 is 68.0 Å². The van der Waals surface area contributed by atoms with Gasteiger partial charge in [0.15, 0.2) is 23.0 Å². The van der Waals surface area contributed by atoms with Crippen molar-refractivity contribution < 1.29 is 24.1 Å². The van der Waals surface area contributed by atoms with Crippen LogP contribution >= 0.6 is 0 Å². The molecule has 0 saturated carbocycles. The Bertz CT molecular complexity index is 8060.